The van der Waals surface area contributed by atoms with E-state index in [2.05, 4.69) is 127 Å². The summed E-state index contributed by atoms with van der Waals surface area (Å²) >= 11 is 0. The van der Waals surface area contributed by atoms with E-state index in [-0.39, 0.29) is 19.5 Å². The first-order valence-corrected chi connectivity index (χ1v) is 13.7. The summed E-state index contributed by atoms with van der Waals surface area (Å²) in [5.41, 5.74) is 11.2. The van der Waals surface area contributed by atoms with Crippen LogP contribution in [0, 0.1) is 6.16 Å². The Morgan fingerprint density at radius 3 is 1.18 bits per heavy atom. The minimum absolute atomic E-state index is 0. The third kappa shape index (κ3) is 8.86. The van der Waals surface area contributed by atoms with Crippen molar-refractivity contribution >= 4 is 37.1 Å². The van der Waals surface area contributed by atoms with Gasteiger partial charge < -0.3 is 11.5 Å². The molecule has 4 aromatic carbocycles. The van der Waals surface area contributed by atoms with Gasteiger partial charge in [0.05, 0.1) is 0 Å². The fraction of sp³-hybridized carbons (Fsp3) is 0.107. The van der Waals surface area contributed by atoms with Crippen molar-refractivity contribution in [2.75, 3.05) is 19.3 Å². The first-order valence-electron chi connectivity index (χ1n) is 10.8. The van der Waals surface area contributed by atoms with Gasteiger partial charge in [-0.15, -0.1) is 12.7 Å². The molecule has 0 aromatic heterocycles. The fourth-order valence-corrected chi connectivity index (χ4v) is 8.07. The molecule has 0 atom stereocenters. The average molecular weight is 558 g/mol. The van der Waals surface area contributed by atoms with Crippen LogP contribution < -0.4 is 27.0 Å². The molecule has 0 saturated heterocycles. The van der Waals surface area contributed by atoms with E-state index in [1.807, 2.05) is 0 Å². The second-order valence-corrected chi connectivity index (χ2v) is 11.4. The molecule has 0 fully saturated rings. The smallest absolute Gasteiger partial charge is 0.676 e. The van der Waals surface area contributed by atoms with Crippen LogP contribution in [0.1, 0.15) is 0 Å². The first kappa shape index (κ1) is 27.5. The van der Waals surface area contributed by atoms with E-state index in [0.717, 1.165) is 6.16 Å². The largest absolute Gasteiger partial charge is 2.00 e. The zero-order chi connectivity index (χ0) is 22.4. The molecule has 0 heterocycles. The Morgan fingerprint density at radius 1 is 0.576 bits per heavy atom. The number of nitrogens with one attached hydrogen (secondary N) is 1. The molecule has 4 aromatic rings. The third-order valence-corrected chi connectivity index (χ3v) is 9.73. The summed E-state index contributed by atoms with van der Waals surface area (Å²) in [6.07, 6.45) is 3.66. The maximum absolute atomic E-state index is 6.33. The van der Waals surface area contributed by atoms with E-state index in [4.69, 9.17) is 11.5 Å². The second-order valence-electron chi connectivity index (χ2n) is 7.04. The summed E-state index contributed by atoms with van der Waals surface area (Å²) in [7, 11) is -0.876. The number of rotatable bonds is 8. The molecular weight excluding hydrogens is 527 g/mol. The van der Waals surface area contributed by atoms with E-state index < -0.39 is 15.8 Å². The predicted octanol–water partition coefficient (Wildman–Crippen LogP) is 5.41. The van der Waals surface area contributed by atoms with Crippen molar-refractivity contribution in [3.8, 4) is 0 Å². The molecule has 33 heavy (non-hydrogen) atoms. The molecule has 0 saturated carbocycles. The van der Waals surface area contributed by atoms with Gasteiger partial charge in [0.15, 0.2) is 0 Å². The minimum atomic E-state index is -0.473. The molecule has 170 valence electrons. The molecule has 0 spiro atoms. The number of nitrogens with two attached hydrogens (primary N) is 1. The van der Waals surface area contributed by atoms with Crippen molar-refractivity contribution in [1.82, 2.24) is 0 Å². The Kier molecular flexibility index (Phi) is 13.3. The Morgan fingerprint density at radius 2 is 0.879 bits per heavy atom. The van der Waals surface area contributed by atoms with Crippen molar-refractivity contribution < 1.29 is 19.5 Å². The standard InChI is InChI=1S/C26H23P2.C2H7N2.Ru/c1-5-13-23(14-6-1)27(24-15-7-2-8-16-24)21-22-28(25-17-9-3-10-18-25)26-19-11-4-12-20-26;3-1-2-4;/h1-21H,22H2;3H,1-2,4H2;/q2*-1;+2. The van der Waals surface area contributed by atoms with Crippen LogP contribution in [0.5, 0.6) is 0 Å². The SMILES string of the molecule is [NH-]CCN.[Ru+2].c1ccc(P([CH-]CP(c2ccccc2)c2ccccc2)c2ccccc2)cc1. The van der Waals surface area contributed by atoms with Gasteiger partial charge in [0, 0.05) is 0 Å². The maximum Gasteiger partial charge on any atom is 2.00 e. The molecule has 0 unspecified atom stereocenters. The summed E-state index contributed by atoms with van der Waals surface area (Å²) in [5, 5.41) is 5.71. The number of hydrogen-bond donors (Lipinski definition) is 1. The Balaban J connectivity index is 0.000000714. The average Bonchev–Trinajstić information content (AvgIpc) is 2.89. The Labute approximate surface area is 214 Å². The summed E-state index contributed by atoms with van der Waals surface area (Å²) in [5.74, 6) is 0. The van der Waals surface area contributed by atoms with Gasteiger partial charge in [-0.3, -0.25) is 6.16 Å². The minimum Gasteiger partial charge on any atom is -0.676 e. The van der Waals surface area contributed by atoms with Gasteiger partial charge in [0.1, 0.15) is 0 Å². The molecule has 4 rings (SSSR count). The predicted molar refractivity (Wildman–Crippen MR) is 146 cm³/mol. The first-order chi connectivity index (χ1) is 15.8. The summed E-state index contributed by atoms with van der Waals surface area (Å²) in [6, 6.07) is 43.8. The van der Waals surface area contributed by atoms with Crippen LogP contribution in [0.15, 0.2) is 121 Å². The molecule has 2 nitrogen and oxygen atoms in total. The molecule has 0 aliphatic carbocycles. The monoisotopic (exact) mass is 558 g/mol. The van der Waals surface area contributed by atoms with Crippen LogP contribution in [0.25, 0.3) is 5.73 Å². The molecular formula is C28H30N2P2Ru. The normalized spacial score (nSPS) is 10.3. The van der Waals surface area contributed by atoms with Gasteiger partial charge >= 0.3 is 19.5 Å². The van der Waals surface area contributed by atoms with Crippen molar-refractivity contribution in [2.45, 2.75) is 0 Å². The van der Waals surface area contributed by atoms with Crippen LogP contribution in [0.4, 0.5) is 0 Å². The second kappa shape index (κ2) is 16.0. The number of hydrogen-bond acceptors (Lipinski definition) is 1. The van der Waals surface area contributed by atoms with E-state index in [0.29, 0.717) is 13.1 Å². The van der Waals surface area contributed by atoms with Crippen LogP contribution in [-0.4, -0.2) is 19.3 Å². The Bertz CT molecular complexity index is 839. The van der Waals surface area contributed by atoms with E-state index in [1.54, 1.807) is 0 Å². The van der Waals surface area contributed by atoms with Gasteiger partial charge in [-0.1, -0.05) is 140 Å². The molecule has 3 N–H and O–H groups in total. The van der Waals surface area contributed by atoms with E-state index in [9.17, 15) is 0 Å². The van der Waals surface area contributed by atoms with Gasteiger partial charge in [-0.2, -0.15) is 0 Å². The topological polar surface area (TPSA) is 49.8 Å². The zero-order valence-corrected chi connectivity index (χ0v) is 22.1. The van der Waals surface area contributed by atoms with Crippen molar-refractivity contribution in [3.05, 3.63) is 133 Å². The molecule has 0 bridgehead atoms. The van der Waals surface area contributed by atoms with Crippen LogP contribution in [0.3, 0.4) is 0 Å². The van der Waals surface area contributed by atoms with Gasteiger partial charge in [-0.05, 0) is 17.2 Å². The molecule has 0 radical (unpaired) electrons. The molecule has 0 amide bonds. The summed E-state index contributed by atoms with van der Waals surface area (Å²) < 4.78 is 0. The maximum atomic E-state index is 6.33. The molecule has 0 aliphatic heterocycles. The van der Waals surface area contributed by atoms with E-state index >= 15 is 0 Å². The van der Waals surface area contributed by atoms with Crippen molar-refractivity contribution in [3.63, 3.8) is 0 Å². The quantitative estimate of drug-likeness (QED) is 0.176. The van der Waals surface area contributed by atoms with Crippen LogP contribution in [0.2, 0.25) is 0 Å². The molecule has 5 heteroatoms. The van der Waals surface area contributed by atoms with Crippen molar-refractivity contribution in [2.24, 2.45) is 5.73 Å². The Hall–Kier alpha value is -1.72. The summed E-state index contributed by atoms with van der Waals surface area (Å²) in [4.78, 5) is 0. The fourth-order valence-electron chi connectivity index (χ4n) is 3.28. The van der Waals surface area contributed by atoms with Gasteiger partial charge in [-0.25, -0.2) is 7.92 Å². The van der Waals surface area contributed by atoms with E-state index in [1.165, 1.54) is 21.2 Å². The van der Waals surface area contributed by atoms with Crippen LogP contribution >= 0.6 is 15.8 Å². The van der Waals surface area contributed by atoms with Gasteiger partial charge in [0.25, 0.3) is 0 Å². The third-order valence-electron chi connectivity index (χ3n) is 4.80. The number of benzene rings is 4. The zero-order valence-electron chi connectivity index (χ0n) is 18.6. The summed E-state index contributed by atoms with van der Waals surface area (Å²) in [6.45, 7) is 0.833. The van der Waals surface area contributed by atoms with Crippen LogP contribution in [-0.2, 0) is 19.5 Å². The van der Waals surface area contributed by atoms with Crippen molar-refractivity contribution in [1.29, 1.82) is 0 Å². The molecule has 0 aliphatic rings. The van der Waals surface area contributed by atoms with Gasteiger partial charge in [0.2, 0.25) is 0 Å².